The first-order valence-corrected chi connectivity index (χ1v) is 8.15. The van der Waals surface area contributed by atoms with Gasteiger partial charge in [-0.1, -0.05) is 11.6 Å². The summed E-state index contributed by atoms with van der Waals surface area (Å²) in [7, 11) is 0. The number of carbonyl (C=O) groups is 1. The molecule has 3 rings (SSSR count). The molecule has 0 bridgehead atoms. The molecule has 0 saturated carbocycles. The van der Waals surface area contributed by atoms with E-state index in [1.165, 1.54) is 10.9 Å². The van der Waals surface area contributed by atoms with Gasteiger partial charge < -0.3 is 10.1 Å². The molecule has 2 aromatic heterocycles. The molecule has 0 aliphatic heterocycles. The normalized spacial score (nSPS) is 11.6. The number of benzene rings is 1. The smallest absolute Gasteiger partial charge is 0.435 e. The van der Waals surface area contributed by atoms with Crippen molar-refractivity contribution in [2.75, 3.05) is 5.32 Å². The lowest BCUT2D eigenvalue weighted by Gasteiger charge is -2.19. The fourth-order valence-electron chi connectivity index (χ4n) is 2.13. The summed E-state index contributed by atoms with van der Waals surface area (Å²) in [5.41, 5.74) is 0.749. The minimum absolute atomic E-state index is 0.0886. The van der Waals surface area contributed by atoms with E-state index in [9.17, 15) is 4.79 Å². The number of fused-ring (bicyclic) bond motifs is 1. The monoisotopic (exact) mass is 379 g/mol. The molecule has 7 nitrogen and oxygen atoms in total. The van der Waals surface area contributed by atoms with Gasteiger partial charge in [-0.3, -0.25) is 0 Å². The van der Waals surface area contributed by atoms with Gasteiger partial charge in [0.1, 0.15) is 10.6 Å². The van der Waals surface area contributed by atoms with Gasteiger partial charge in [0.2, 0.25) is 5.28 Å². The minimum atomic E-state index is -0.597. The van der Waals surface area contributed by atoms with Crippen molar-refractivity contribution in [1.29, 1.82) is 0 Å². The quantitative estimate of drug-likeness (QED) is 0.651. The summed E-state index contributed by atoms with van der Waals surface area (Å²) in [5, 5.41) is 8.35. The van der Waals surface area contributed by atoms with E-state index in [-0.39, 0.29) is 5.28 Å². The summed E-state index contributed by atoms with van der Waals surface area (Å²) in [6, 6.07) is 5.35. The van der Waals surface area contributed by atoms with E-state index in [0.717, 1.165) is 5.39 Å². The van der Waals surface area contributed by atoms with Gasteiger partial charge in [0.25, 0.3) is 0 Å². The summed E-state index contributed by atoms with van der Waals surface area (Å²) < 4.78 is 6.56. The number of hydrogen-bond donors (Lipinski definition) is 1. The molecule has 1 aromatic carbocycles. The molecule has 0 amide bonds. The van der Waals surface area contributed by atoms with Gasteiger partial charge in [0.05, 0.1) is 17.9 Å². The first-order chi connectivity index (χ1) is 11.7. The van der Waals surface area contributed by atoms with Crippen LogP contribution in [0.2, 0.25) is 10.3 Å². The van der Waals surface area contributed by atoms with E-state index in [4.69, 9.17) is 27.9 Å². The van der Waals surface area contributed by atoms with Crippen LogP contribution < -0.4 is 5.32 Å². The lowest BCUT2D eigenvalue weighted by atomic mass is 10.2. The zero-order valence-corrected chi connectivity index (χ0v) is 15.3. The Balaban J connectivity index is 1.89. The summed E-state index contributed by atoms with van der Waals surface area (Å²) in [5.74, 6) is 0.389. The van der Waals surface area contributed by atoms with Crippen LogP contribution in [0.5, 0.6) is 0 Å². The first-order valence-electron chi connectivity index (χ1n) is 7.39. The Morgan fingerprint density at radius 3 is 2.72 bits per heavy atom. The zero-order chi connectivity index (χ0) is 18.2. The number of nitrogens with one attached hydrogen (secondary N) is 1. The van der Waals surface area contributed by atoms with Crippen LogP contribution in [0.1, 0.15) is 20.8 Å². The number of nitrogens with zero attached hydrogens (tertiary/aromatic N) is 4. The number of hydrogen-bond acceptors (Lipinski definition) is 6. The second-order valence-electron chi connectivity index (χ2n) is 6.27. The van der Waals surface area contributed by atoms with Crippen molar-refractivity contribution in [3.05, 3.63) is 40.9 Å². The van der Waals surface area contributed by atoms with Crippen molar-refractivity contribution in [3.8, 4) is 0 Å². The standard InChI is InChI=1S/C16H15Cl2N5O2/c1-16(2,3)25-15(24)23-12-5-4-10(6-9(12)7-20-23)21-13-11(17)8-19-14(18)22-13/h4-8H,1-3H3,(H,19,21,22). The number of aromatic nitrogens is 4. The Labute approximate surface area is 153 Å². The molecule has 25 heavy (non-hydrogen) atoms. The van der Waals surface area contributed by atoms with Crippen LogP contribution in [0.15, 0.2) is 30.6 Å². The molecule has 2 heterocycles. The van der Waals surface area contributed by atoms with Crippen LogP contribution in [-0.2, 0) is 4.74 Å². The number of carbonyl (C=O) groups excluding carboxylic acids is 1. The SMILES string of the molecule is CC(C)(C)OC(=O)n1ncc2cc(Nc3nc(Cl)ncc3Cl)ccc21. The van der Waals surface area contributed by atoms with E-state index in [2.05, 4.69) is 20.4 Å². The topological polar surface area (TPSA) is 81.9 Å². The van der Waals surface area contributed by atoms with Crippen LogP contribution in [0, 0.1) is 0 Å². The second-order valence-corrected chi connectivity index (χ2v) is 7.02. The van der Waals surface area contributed by atoms with Crippen LogP contribution in [0.3, 0.4) is 0 Å². The predicted octanol–water partition coefficient (Wildman–Crippen LogP) is 4.66. The molecule has 0 spiro atoms. The molecule has 0 fully saturated rings. The highest BCUT2D eigenvalue weighted by Crippen LogP contribution is 2.26. The fraction of sp³-hybridized carbons (Fsp3) is 0.250. The van der Waals surface area contributed by atoms with Crippen molar-refractivity contribution in [1.82, 2.24) is 19.7 Å². The molecule has 0 unspecified atom stereocenters. The molecule has 0 radical (unpaired) electrons. The molecular formula is C16H15Cl2N5O2. The second kappa shape index (κ2) is 6.50. The molecule has 0 saturated heterocycles. The lowest BCUT2D eigenvalue weighted by Crippen LogP contribution is -2.27. The van der Waals surface area contributed by atoms with Gasteiger partial charge in [-0.2, -0.15) is 14.8 Å². The maximum atomic E-state index is 12.2. The van der Waals surface area contributed by atoms with Crippen LogP contribution >= 0.6 is 23.2 Å². The number of rotatable bonds is 2. The highest BCUT2D eigenvalue weighted by Gasteiger charge is 2.20. The largest absolute Gasteiger partial charge is 0.442 e. The number of ether oxygens (including phenoxy) is 1. The third-order valence-electron chi connectivity index (χ3n) is 3.11. The molecule has 9 heteroatoms. The van der Waals surface area contributed by atoms with Crippen LogP contribution in [0.4, 0.5) is 16.3 Å². The maximum Gasteiger partial charge on any atom is 0.435 e. The molecule has 0 atom stereocenters. The van der Waals surface area contributed by atoms with Crippen molar-refractivity contribution >= 4 is 51.7 Å². The first kappa shape index (κ1) is 17.4. The molecule has 0 aliphatic rings. The molecule has 0 aliphatic carbocycles. The van der Waals surface area contributed by atoms with Crippen molar-refractivity contribution < 1.29 is 9.53 Å². The fourth-order valence-corrected chi connectivity index (χ4v) is 2.40. The minimum Gasteiger partial charge on any atom is -0.442 e. The number of halogens is 2. The lowest BCUT2D eigenvalue weighted by molar-refractivity contribution is 0.0523. The predicted molar refractivity (Wildman–Crippen MR) is 96.7 cm³/mol. The average molecular weight is 380 g/mol. The maximum absolute atomic E-state index is 12.2. The van der Waals surface area contributed by atoms with E-state index in [0.29, 0.717) is 22.0 Å². The zero-order valence-electron chi connectivity index (χ0n) is 13.7. The summed E-state index contributed by atoms with van der Waals surface area (Å²) >= 11 is 11.8. The van der Waals surface area contributed by atoms with E-state index in [1.54, 1.807) is 39.1 Å². The van der Waals surface area contributed by atoms with Gasteiger partial charge in [0.15, 0.2) is 5.82 Å². The van der Waals surface area contributed by atoms with Crippen molar-refractivity contribution in [2.45, 2.75) is 26.4 Å². The van der Waals surface area contributed by atoms with Crippen LogP contribution in [-0.4, -0.2) is 31.4 Å². The van der Waals surface area contributed by atoms with Gasteiger partial charge in [-0.25, -0.2) is 9.78 Å². The Bertz CT molecular complexity index is 949. The summed E-state index contributed by atoms with van der Waals surface area (Å²) in [6.07, 6.45) is 2.46. The van der Waals surface area contributed by atoms with Gasteiger partial charge in [-0.05, 0) is 50.6 Å². The van der Waals surface area contributed by atoms with E-state index < -0.39 is 11.7 Å². The van der Waals surface area contributed by atoms with E-state index in [1.807, 2.05) is 6.07 Å². The molecule has 3 aromatic rings. The Hall–Kier alpha value is -2.38. The molecule has 130 valence electrons. The van der Waals surface area contributed by atoms with Gasteiger partial charge >= 0.3 is 6.09 Å². The van der Waals surface area contributed by atoms with Crippen LogP contribution in [0.25, 0.3) is 10.9 Å². The highest BCUT2D eigenvalue weighted by molar-refractivity contribution is 6.33. The Morgan fingerprint density at radius 1 is 1.24 bits per heavy atom. The summed E-state index contributed by atoms with van der Waals surface area (Å²) in [6.45, 7) is 5.40. The van der Waals surface area contributed by atoms with E-state index >= 15 is 0 Å². The van der Waals surface area contributed by atoms with Crippen molar-refractivity contribution in [3.63, 3.8) is 0 Å². The Morgan fingerprint density at radius 2 is 2.00 bits per heavy atom. The summed E-state index contributed by atoms with van der Waals surface area (Å²) in [4.78, 5) is 20.0. The molecule has 1 N–H and O–H groups in total. The Kier molecular flexibility index (Phi) is 4.53. The van der Waals surface area contributed by atoms with Gasteiger partial charge in [0, 0.05) is 11.1 Å². The third kappa shape index (κ3) is 4.00. The average Bonchev–Trinajstić information content (AvgIpc) is 2.92. The van der Waals surface area contributed by atoms with Gasteiger partial charge in [-0.15, -0.1) is 0 Å². The number of anilines is 2. The molecular weight excluding hydrogens is 365 g/mol. The third-order valence-corrected chi connectivity index (χ3v) is 3.57. The highest BCUT2D eigenvalue weighted by atomic mass is 35.5. The van der Waals surface area contributed by atoms with Crippen molar-refractivity contribution in [2.24, 2.45) is 0 Å².